The van der Waals surface area contributed by atoms with Crippen LogP contribution in [0.3, 0.4) is 0 Å². The standard InChI is InChI=1S/C33H51N7O10/c1-7-33(3,4)31(48)40(20-41)17-10-8-9-13-26(42)36-19-27(43)38-24(12-11-16-35-32(34)49)28(44)37-22-14-15-23(25(18-22)50-6)29(45)39(5)21(2)30(46)47/h14-15,18,20-21,24H,7-13,16-17,19H2,1-6H3,(H,36,42)(H,37,44)(H,38,43)(H,46,47)(H3,34,35,49)/t21-,24?/m0/s1. The highest BCUT2D eigenvalue weighted by Gasteiger charge is 2.30. The summed E-state index contributed by atoms with van der Waals surface area (Å²) in [7, 11) is 2.64. The van der Waals surface area contributed by atoms with Gasteiger partial charge in [-0.3, -0.25) is 33.7 Å². The van der Waals surface area contributed by atoms with Crippen molar-refractivity contribution in [2.75, 3.05) is 39.1 Å². The van der Waals surface area contributed by atoms with Crippen LogP contribution in [0.4, 0.5) is 10.5 Å². The molecule has 50 heavy (non-hydrogen) atoms. The fraction of sp³-hybridized carbons (Fsp3) is 0.576. The van der Waals surface area contributed by atoms with Gasteiger partial charge in [0.15, 0.2) is 0 Å². The van der Waals surface area contributed by atoms with Crippen LogP contribution in [-0.4, -0.2) is 109 Å². The maximum absolute atomic E-state index is 13.2. The molecule has 0 spiro atoms. The molecule has 0 bridgehead atoms. The molecule has 1 rings (SSSR count). The first-order valence-corrected chi connectivity index (χ1v) is 16.3. The van der Waals surface area contributed by atoms with Crippen LogP contribution >= 0.6 is 0 Å². The molecule has 7 N–H and O–H groups in total. The number of ether oxygens (including phenoxy) is 1. The fourth-order valence-corrected chi connectivity index (χ4v) is 4.49. The number of likely N-dealkylation sites (N-methyl/N-ethyl adjacent to an activating group) is 1. The lowest BCUT2D eigenvalue weighted by atomic mass is 9.88. The van der Waals surface area contributed by atoms with Crippen LogP contribution in [0.2, 0.25) is 0 Å². The van der Waals surface area contributed by atoms with Crippen molar-refractivity contribution in [3.8, 4) is 5.75 Å². The normalized spacial score (nSPS) is 12.0. The van der Waals surface area contributed by atoms with Gasteiger partial charge in [-0.15, -0.1) is 0 Å². The Labute approximate surface area is 292 Å². The van der Waals surface area contributed by atoms with Crippen molar-refractivity contribution in [3.05, 3.63) is 23.8 Å². The molecule has 0 fully saturated rings. The molecule has 17 nitrogen and oxygen atoms in total. The highest BCUT2D eigenvalue weighted by atomic mass is 16.5. The van der Waals surface area contributed by atoms with Crippen LogP contribution in [0.5, 0.6) is 5.75 Å². The molecule has 1 aromatic rings. The molecule has 17 heteroatoms. The van der Waals surface area contributed by atoms with E-state index in [1.807, 2.05) is 6.92 Å². The van der Waals surface area contributed by atoms with E-state index in [-0.39, 0.29) is 55.3 Å². The zero-order chi connectivity index (χ0) is 38.0. The van der Waals surface area contributed by atoms with Crippen molar-refractivity contribution < 1.29 is 48.2 Å². The van der Waals surface area contributed by atoms with E-state index in [1.54, 1.807) is 13.8 Å². The summed E-state index contributed by atoms with van der Waals surface area (Å²) in [5, 5.41) is 19.4. The van der Waals surface area contributed by atoms with Gasteiger partial charge in [-0.25, -0.2) is 9.59 Å². The Morgan fingerprint density at radius 1 is 1.02 bits per heavy atom. The number of carboxylic acids is 1. The van der Waals surface area contributed by atoms with Gasteiger partial charge in [-0.05, 0) is 51.2 Å². The summed E-state index contributed by atoms with van der Waals surface area (Å²) in [5.74, 6) is -3.66. The van der Waals surface area contributed by atoms with Crippen LogP contribution in [0.25, 0.3) is 0 Å². The van der Waals surface area contributed by atoms with E-state index in [9.17, 15) is 43.5 Å². The largest absolute Gasteiger partial charge is 0.496 e. The first-order valence-electron chi connectivity index (χ1n) is 16.3. The second kappa shape index (κ2) is 21.0. The maximum atomic E-state index is 13.2. The van der Waals surface area contributed by atoms with E-state index >= 15 is 0 Å². The van der Waals surface area contributed by atoms with Gasteiger partial charge in [0.2, 0.25) is 30.0 Å². The Morgan fingerprint density at radius 3 is 2.28 bits per heavy atom. The zero-order valence-corrected chi connectivity index (χ0v) is 29.6. The Hall–Kier alpha value is -5.22. The number of methoxy groups -OCH3 is 1. The smallest absolute Gasteiger partial charge is 0.326 e. The number of aliphatic carboxylic acids is 1. The second-order valence-corrected chi connectivity index (χ2v) is 12.3. The van der Waals surface area contributed by atoms with Gasteiger partial charge in [0.25, 0.3) is 5.91 Å². The molecule has 0 aliphatic carbocycles. The van der Waals surface area contributed by atoms with Crippen LogP contribution in [0.1, 0.15) is 83.0 Å². The number of rotatable bonds is 22. The van der Waals surface area contributed by atoms with E-state index in [1.165, 1.54) is 39.3 Å². The third kappa shape index (κ3) is 14.1. The Bertz CT molecular complexity index is 1380. The molecule has 1 aromatic carbocycles. The number of unbranched alkanes of at least 4 members (excludes halogenated alkanes) is 2. The van der Waals surface area contributed by atoms with Crippen LogP contribution in [-0.2, 0) is 28.8 Å². The Balaban J connectivity index is 2.79. The molecule has 0 aromatic heterocycles. The molecule has 1 unspecified atom stereocenters. The summed E-state index contributed by atoms with van der Waals surface area (Å²) in [6.07, 6.45) is 3.13. The van der Waals surface area contributed by atoms with Gasteiger partial charge < -0.3 is 41.7 Å². The number of hydrogen-bond donors (Lipinski definition) is 6. The molecule has 8 amide bonds. The maximum Gasteiger partial charge on any atom is 0.326 e. The predicted molar refractivity (Wildman–Crippen MR) is 183 cm³/mol. The number of amides is 8. The van der Waals surface area contributed by atoms with Gasteiger partial charge in [0.1, 0.15) is 17.8 Å². The third-order valence-corrected chi connectivity index (χ3v) is 8.18. The molecule has 2 atom stereocenters. The highest BCUT2D eigenvalue weighted by molar-refractivity contribution is 6.01. The number of nitrogens with zero attached hydrogens (tertiary/aromatic N) is 2. The minimum absolute atomic E-state index is 0.0632. The second-order valence-electron chi connectivity index (χ2n) is 12.3. The summed E-state index contributed by atoms with van der Waals surface area (Å²) in [6, 6.07) is 1.21. The lowest BCUT2D eigenvalue weighted by Gasteiger charge is -2.27. The predicted octanol–water partition coefficient (Wildman–Crippen LogP) is 1.21. The van der Waals surface area contributed by atoms with Crippen molar-refractivity contribution in [1.82, 2.24) is 25.8 Å². The third-order valence-electron chi connectivity index (χ3n) is 8.18. The quantitative estimate of drug-likeness (QED) is 0.0743. The minimum atomic E-state index is -1.19. The molecule has 0 aliphatic rings. The molecule has 0 saturated carbocycles. The summed E-state index contributed by atoms with van der Waals surface area (Å²) < 4.78 is 5.31. The number of urea groups is 1. The number of nitrogens with one attached hydrogen (secondary N) is 4. The van der Waals surface area contributed by atoms with Crippen molar-refractivity contribution in [3.63, 3.8) is 0 Å². The fourth-order valence-electron chi connectivity index (χ4n) is 4.49. The molecule has 0 radical (unpaired) electrons. The number of benzene rings is 1. The molecule has 278 valence electrons. The van der Waals surface area contributed by atoms with Crippen LogP contribution in [0, 0.1) is 5.41 Å². The topological polar surface area (TPSA) is 247 Å². The number of carbonyl (C=O) groups is 8. The number of carbonyl (C=O) groups excluding carboxylic acids is 7. The number of imide groups is 1. The number of nitrogens with two attached hydrogens (primary N) is 1. The van der Waals surface area contributed by atoms with Gasteiger partial charge in [-0.1, -0.05) is 27.2 Å². The number of anilines is 1. The van der Waals surface area contributed by atoms with E-state index in [0.29, 0.717) is 32.1 Å². The number of primary amides is 1. The Morgan fingerprint density at radius 2 is 1.70 bits per heavy atom. The SMILES string of the molecule is CCC(C)(C)C(=O)N(C=O)CCCCCC(=O)NCC(=O)NC(CCCNC(N)=O)C(=O)Nc1ccc(C(=O)N(C)[C@@H](C)C(=O)O)c(OC)c1. The lowest BCUT2D eigenvalue weighted by molar-refractivity contribution is -0.145. The van der Waals surface area contributed by atoms with Gasteiger partial charge in [-0.2, -0.15) is 0 Å². The minimum Gasteiger partial charge on any atom is -0.496 e. The number of carboxylic acid groups (broad SMARTS) is 1. The van der Waals surface area contributed by atoms with Crippen molar-refractivity contribution in [2.24, 2.45) is 11.1 Å². The monoisotopic (exact) mass is 705 g/mol. The summed E-state index contributed by atoms with van der Waals surface area (Å²) >= 11 is 0. The lowest BCUT2D eigenvalue weighted by Crippen LogP contribution is -2.47. The van der Waals surface area contributed by atoms with E-state index in [4.69, 9.17) is 10.5 Å². The highest BCUT2D eigenvalue weighted by Crippen LogP contribution is 2.25. The van der Waals surface area contributed by atoms with Crippen LogP contribution < -0.4 is 31.7 Å². The van der Waals surface area contributed by atoms with E-state index in [0.717, 1.165) is 9.80 Å². The molecule has 0 heterocycles. The van der Waals surface area contributed by atoms with E-state index in [2.05, 4.69) is 21.3 Å². The van der Waals surface area contributed by atoms with Crippen molar-refractivity contribution >= 4 is 53.6 Å². The van der Waals surface area contributed by atoms with E-state index < -0.39 is 59.7 Å². The van der Waals surface area contributed by atoms with Gasteiger partial charge >= 0.3 is 12.0 Å². The van der Waals surface area contributed by atoms with Gasteiger partial charge in [0, 0.05) is 43.7 Å². The average molecular weight is 706 g/mol. The first kappa shape index (κ1) is 42.8. The molecular weight excluding hydrogens is 654 g/mol. The number of hydrogen-bond acceptors (Lipinski definition) is 9. The molecule has 0 saturated heterocycles. The summed E-state index contributed by atoms with van der Waals surface area (Å²) in [5.41, 5.74) is 4.73. The van der Waals surface area contributed by atoms with Crippen molar-refractivity contribution in [1.29, 1.82) is 0 Å². The van der Waals surface area contributed by atoms with Crippen LogP contribution in [0.15, 0.2) is 18.2 Å². The molecule has 0 aliphatic heterocycles. The van der Waals surface area contributed by atoms with Crippen molar-refractivity contribution in [2.45, 2.75) is 84.7 Å². The first-order chi connectivity index (χ1) is 23.5. The molecular formula is C33H51N7O10. The van der Waals surface area contributed by atoms with Gasteiger partial charge in [0.05, 0.1) is 19.2 Å². The zero-order valence-electron chi connectivity index (χ0n) is 29.6. The summed E-state index contributed by atoms with van der Waals surface area (Å²) in [6.45, 7) is 6.74. The summed E-state index contributed by atoms with van der Waals surface area (Å²) in [4.78, 5) is 99.6. The average Bonchev–Trinajstić information content (AvgIpc) is 3.08. The Kier molecular flexibility index (Phi) is 18.0.